The monoisotopic (exact) mass is 447 g/mol. The fraction of sp³-hybridized carbons (Fsp3) is 0.360. The first-order valence-corrected chi connectivity index (χ1v) is 12.0. The van der Waals surface area contributed by atoms with Crippen molar-refractivity contribution >= 4 is 31.6 Å². The molecule has 6 rings (SSSR count). The summed E-state index contributed by atoms with van der Waals surface area (Å²) in [7, 11) is 1.74. The Kier molecular flexibility index (Phi) is 4.69. The highest BCUT2D eigenvalue weighted by Crippen LogP contribution is 2.45. The number of methoxy groups -OCH3 is 1. The van der Waals surface area contributed by atoms with E-state index in [0.717, 1.165) is 35.3 Å². The lowest BCUT2D eigenvalue weighted by Gasteiger charge is -2.28. The molecule has 0 saturated carbocycles. The number of H-pyrrole nitrogens is 1. The standard InChI is InChI=1S/C25H25N3O3S/c1-31-19-7-4-5-15-9-10-16-13-27(14-18(16)21(15)19)11-12-28-24(29)23-22(26-25(28)30)17-6-2-3-8-20(17)32-23/h2-8,16,18H,9-14H2,1H3,(H,26,30)/t16-,18+/m0/s1. The maximum Gasteiger partial charge on any atom is 0.328 e. The van der Waals surface area contributed by atoms with Crippen LogP contribution in [0.2, 0.25) is 0 Å². The zero-order valence-corrected chi connectivity index (χ0v) is 18.8. The van der Waals surface area contributed by atoms with Gasteiger partial charge in [-0.1, -0.05) is 30.3 Å². The molecular formula is C25H25N3O3S. The van der Waals surface area contributed by atoms with Gasteiger partial charge in [-0.15, -0.1) is 11.3 Å². The molecule has 3 heterocycles. The van der Waals surface area contributed by atoms with E-state index in [1.54, 1.807) is 7.11 Å². The molecule has 1 aliphatic carbocycles. The van der Waals surface area contributed by atoms with Crippen LogP contribution in [0.1, 0.15) is 23.5 Å². The Morgan fingerprint density at radius 2 is 1.97 bits per heavy atom. The topological polar surface area (TPSA) is 67.3 Å². The lowest BCUT2D eigenvalue weighted by molar-refractivity contribution is 0.303. The SMILES string of the molecule is COc1cccc2c1[C@@H]1CN(CCn3c(=O)[nH]c4c(sc5ccccc54)c3=O)C[C@@H]1CC2. The van der Waals surface area contributed by atoms with Gasteiger partial charge in [0.15, 0.2) is 0 Å². The van der Waals surface area contributed by atoms with Gasteiger partial charge in [-0.25, -0.2) is 4.79 Å². The fourth-order valence-electron chi connectivity index (χ4n) is 5.66. The van der Waals surface area contributed by atoms with Gasteiger partial charge < -0.3 is 14.6 Å². The molecule has 32 heavy (non-hydrogen) atoms. The van der Waals surface area contributed by atoms with Crippen LogP contribution in [0.5, 0.6) is 5.75 Å². The lowest BCUT2D eigenvalue weighted by Crippen LogP contribution is -2.38. The number of likely N-dealkylation sites (tertiary alicyclic amines) is 1. The van der Waals surface area contributed by atoms with Crippen LogP contribution in [0, 0.1) is 5.92 Å². The maximum atomic E-state index is 13.1. The number of aromatic nitrogens is 2. The van der Waals surface area contributed by atoms with Gasteiger partial charge in [0.1, 0.15) is 10.4 Å². The molecule has 6 nitrogen and oxygen atoms in total. The maximum absolute atomic E-state index is 13.1. The van der Waals surface area contributed by atoms with Gasteiger partial charge in [-0.3, -0.25) is 9.36 Å². The highest BCUT2D eigenvalue weighted by molar-refractivity contribution is 7.25. The Balaban J connectivity index is 1.27. The van der Waals surface area contributed by atoms with E-state index in [1.807, 2.05) is 24.3 Å². The van der Waals surface area contributed by atoms with Crippen molar-refractivity contribution in [3.63, 3.8) is 0 Å². The van der Waals surface area contributed by atoms with Crippen LogP contribution in [-0.4, -0.2) is 41.2 Å². The first-order chi connectivity index (χ1) is 15.6. The third-order valence-electron chi connectivity index (χ3n) is 7.20. The van der Waals surface area contributed by atoms with Crippen molar-refractivity contribution in [1.29, 1.82) is 0 Å². The van der Waals surface area contributed by atoms with Crippen molar-refractivity contribution in [2.24, 2.45) is 5.92 Å². The van der Waals surface area contributed by atoms with Gasteiger partial charge in [0, 0.05) is 47.7 Å². The third kappa shape index (κ3) is 3.03. The number of hydrogen-bond donors (Lipinski definition) is 1. The second-order valence-electron chi connectivity index (χ2n) is 8.89. The second kappa shape index (κ2) is 7.60. The molecule has 1 aliphatic heterocycles. The zero-order chi connectivity index (χ0) is 21.8. The van der Waals surface area contributed by atoms with Crippen molar-refractivity contribution in [1.82, 2.24) is 14.5 Å². The predicted octanol–water partition coefficient (Wildman–Crippen LogP) is 3.57. The van der Waals surface area contributed by atoms with Crippen LogP contribution in [0.15, 0.2) is 52.1 Å². The number of fused-ring (bicyclic) bond motifs is 6. The number of nitrogens with zero attached hydrogens (tertiary/aromatic N) is 2. The minimum atomic E-state index is -0.324. The second-order valence-corrected chi connectivity index (χ2v) is 9.94. The van der Waals surface area contributed by atoms with Crippen LogP contribution >= 0.6 is 11.3 Å². The number of ether oxygens (including phenoxy) is 1. The van der Waals surface area contributed by atoms with Crippen LogP contribution in [0.3, 0.4) is 0 Å². The van der Waals surface area contributed by atoms with E-state index in [0.29, 0.717) is 35.1 Å². The molecule has 2 atom stereocenters. The lowest BCUT2D eigenvalue weighted by atomic mass is 9.76. The first kappa shape index (κ1) is 19.8. The van der Waals surface area contributed by atoms with E-state index in [2.05, 4.69) is 28.1 Å². The van der Waals surface area contributed by atoms with Crippen molar-refractivity contribution in [2.45, 2.75) is 25.3 Å². The van der Waals surface area contributed by atoms with Gasteiger partial charge in [0.25, 0.3) is 5.56 Å². The summed E-state index contributed by atoms with van der Waals surface area (Å²) < 4.78 is 8.69. The zero-order valence-electron chi connectivity index (χ0n) is 18.0. The molecule has 7 heteroatoms. The number of thiophene rings is 1. The summed E-state index contributed by atoms with van der Waals surface area (Å²) in [6.45, 7) is 3.03. The Morgan fingerprint density at radius 1 is 1.09 bits per heavy atom. The molecule has 1 saturated heterocycles. The highest BCUT2D eigenvalue weighted by atomic mass is 32.1. The molecule has 2 aliphatic rings. The van der Waals surface area contributed by atoms with Crippen LogP contribution < -0.4 is 16.0 Å². The number of rotatable bonds is 4. The van der Waals surface area contributed by atoms with E-state index in [-0.39, 0.29) is 11.2 Å². The largest absolute Gasteiger partial charge is 0.496 e. The Hall–Kier alpha value is -2.90. The summed E-state index contributed by atoms with van der Waals surface area (Å²) in [5.74, 6) is 2.04. The molecule has 0 spiro atoms. The number of nitrogens with one attached hydrogen (secondary N) is 1. The quantitative estimate of drug-likeness (QED) is 0.519. The van der Waals surface area contributed by atoms with Crippen LogP contribution in [-0.2, 0) is 13.0 Å². The van der Waals surface area contributed by atoms with Gasteiger partial charge in [0.2, 0.25) is 0 Å². The Bertz CT molecular complexity index is 1440. The Labute approximate surface area is 189 Å². The van der Waals surface area contributed by atoms with Gasteiger partial charge in [-0.05, 0) is 36.5 Å². The van der Waals surface area contributed by atoms with Crippen LogP contribution in [0.4, 0.5) is 0 Å². The summed E-state index contributed by atoms with van der Waals surface area (Å²) in [6.07, 6.45) is 2.26. The smallest absolute Gasteiger partial charge is 0.328 e. The third-order valence-corrected chi connectivity index (χ3v) is 8.36. The Morgan fingerprint density at radius 3 is 2.84 bits per heavy atom. The summed E-state index contributed by atoms with van der Waals surface area (Å²) in [6, 6.07) is 14.2. The number of aromatic amines is 1. The minimum absolute atomic E-state index is 0.187. The van der Waals surface area contributed by atoms with Gasteiger partial charge in [-0.2, -0.15) is 0 Å². The fourth-order valence-corrected chi connectivity index (χ4v) is 6.77. The van der Waals surface area contributed by atoms with Crippen molar-refractivity contribution in [3.8, 4) is 5.75 Å². The molecule has 2 aromatic carbocycles. The molecule has 4 aromatic rings. The van der Waals surface area contributed by atoms with E-state index in [4.69, 9.17) is 4.74 Å². The van der Waals surface area contributed by atoms with E-state index in [1.165, 1.54) is 33.5 Å². The average molecular weight is 448 g/mol. The number of benzene rings is 2. The van der Waals surface area contributed by atoms with Gasteiger partial charge >= 0.3 is 5.69 Å². The summed E-state index contributed by atoms with van der Waals surface area (Å²) in [5.41, 5.74) is 2.90. The molecule has 0 amide bonds. The molecule has 2 aromatic heterocycles. The summed E-state index contributed by atoms with van der Waals surface area (Å²) in [5, 5.41) is 0.935. The molecule has 1 N–H and O–H groups in total. The minimum Gasteiger partial charge on any atom is -0.496 e. The van der Waals surface area contributed by atoms with E-state index in [9.17, 15) is 9.59 Å². The molecular weight excluding hydrogens is 422 g/mol. The average Bonchev–Trinajstić information content (AvgIpc) is 3.40. The summed E-state index contributed by atoms with van der Waals surface area (Å²) in [4.78, 5) is 31.3. The predicted molar refractivity (Wildman–Crippen MR) is 128 cm³/mol. The molecule has 0 radical (unpaired) electrons. The van der Waals surface area contributed by atoms with Crippen molar-refractivity contribution in [2.75, 3.05) is 26.7 Å². The normalized spacial score (nSPS) is 20.5. The summed E-state index contributed by atoms with van der Waals surface area (Å²) >= 11 is 1.45. The van der Waals surface area contributed by atoms with Crippen LogP contribution in [0.25, 0.3) is 20.3 Å². The molecule has 164 valence electrons. The number of hydrogen-bond acceptors (Lipinski definition) is 5. The van der Waals surface area contributed by atoms with Crippen molar-refractivity contribution in [3.05, 3.63) is 74.4 Å². The van der Waals surface area contributed by atoms with E-state index < -0.39 is 0 Å². The highest BCUT2D eigenvalue weighted by Gasteiger charge is 2.38. The van der Waals surface area contributed by atoms with E-state index >= 15 is 0 Å². The van der Waals surface area contributed by atoms with Crippen molar-refractivity contribution < 1.29 is 4.74 Å². The first-order valence-electron chi connectivity index (χ1n) is 11.2. The molecule has 1 fully saturated rings. The molecule has 0 bridgehead atoms. The molecule has 0 unspecified atom stereocenters. The number of aryl methyl sites for hydroxylation is 1. The van der Waals surface area contributed by atoms with Gasteiger partial charge in [0.05, 0.1) is 12.6 Å².